The minimum atomic E-state index is 0.472. The van der Waals surface area contributed by atoms with Crippen LogP contribution in [0.3, 0.4) is 0 Å². The van der Waals surface area contributed by atoms with E-state index in [0.717, 1.165) is 11.4 Å². The van der Waals surface area contributed by atoms with Crippen LogP contribution in [0.15, 0.2) is 22.7 Å². The summed E-state index contributed by atoms with van der Waals surface area (Å²) in [5, 5.41) is 6.99. The quantitative estimate of drug-likeness (QED) is 0.874. The van der Waals surface area contributed by atoms with Crippen molar-refractivity contribution >= 4 is 5.69 Å². The molecule has 0 radical (unpaired) electrons. The molecule has 6 heteroatoms. The lowest BCUT2D eigenvalue weighted by atomic mass is 10.2. The Labute approximate surface area is 105 Å². The topological polar surface area (TPSA) is 69.4 Å². The van der Waals surface area contributed by atoms with Crippen molar-refractivity contribution in [3.05, 3.63) is 29.9 Å². The average molecular weight is 249 g/mol. The van der Waals surface area contributed by atoms with Gasteiger partial charge in [0.2, 0.25) is 5.89 Å². The molecular formula is C12H15N3O3. The van der Waals surface area contributed by atoms with E-state index >= 15 is 0 Å². The lowest BCUT2D eigenvalue weighted by Crippen LogP contribution is -2.03. The predicted octanol–water partition coefficient (Wildman–Crippen LogP) is 2.01. The number of benzene rings is 1. The van der Waals surface area contributed by atoms with E-state index in [1.54, 1.807) is 21.1 Å². The lowest BCUT2D eigenvalue weighted by molar-refractivity contribution is 0.387. The minimum absolute atomic E-state index is 0.472. The number of ether oxygens (including phenoxy) is 2. The lowest BCUT2D eigenvalue weighted by Gasteiger charge is -2.11. The second-order valence-corrected chi connectivity index (χ2v) is 3.65. The fraction of sp³-hybridized carbons (Fsp3) is 0.333. The Hall–Kier alpha value is -2.24. The van der Waals surface area contributed by atoms with Gasteiger partial charge in [0.1, 0.15) is 11.5 Å². The molecule has 6 nitrogen and oxygen atoms in total. The summed E-state index contributed by atoms with van der Waals surface area (Å²) in [6.45, 7) is 2.23. The standard InChI is InChI=1S/C12H15N3O3/c1-8-14-12(15-18-8)7-13-10-5-4-9(16-2)6-11(10)17-3/h4-6,13H,7H2,1-3H3. The van der Waals surface area contributed by atoms with Crippen molar-refractivity contribution in [3.63, 3.8) is 0 Å². The third kappa shape index (κ3) is 2.71. The predicted molar refractivity (Wildman–Crippen MR) is 65.9 cm³/mol. The van der Waals surface area contributed by atoms with Crippen molar-refractivity contribution in [1.82, 2.24) is 10.1 Å². The van der Waals surface area contributed by atoms with Crippen molar-refractivity contribution in [2.45, 2.75) is 13.5 Å². The van der Waals surface area contributed by atoms with Gasteiger partial charge in [-0.25, -0.2) is 0 Å². The summed E-state index contributed by atoms with van der Waals surface area (Å²) in [4.78, 5) is 4.11. The van der Waals surface area contributed by atoms with Gasteiger partial charge in [-0.05, 0) is 12.1 Å². The number of aryl methyl sites for hydroxylation is 1. The van der Waals surface area contributed by atoms with E-state index in [4.69, 9.17) is 14.0 Å². The van der Waals surface area contributed by atoms with Crippen LogP contribution >= 0.6 is 0 Å². The fourth-order valence-electron chi connectivity index (χ4n) is 1.53. The summed E-state index contributed by atoms with van der Waals surface area (Å²) in [5.74, 6) is 2.60. The van der Waals surface area contributed by atoms with E-state index in [-0.39, 0.29) is 0 Å². The first-order valence-corrected chi connectivity index (χ1v) is 5.48. The van der Waals surface area contributed by atoms with Crippen LogP contribution in [-0.2, 0) is 6.54 Å². The number of hydrogen-bond donors (Lipinski definition) is 1. The number of aromatic nitrogens is 2. The van der Waals surface area contributed by atoms with Crippen LogP contribution < -0.4 is 14.8 Å². The molecule has 0 saturated heterocycles. The van der Waals surface area contributed by atoms with Gasteiger partial charge in [-0.2, -0.15) is 4.98 Å². The van der Waals surface area contributed by atoms with Gasteiger partial charge in [0.05, 0.1) is 26.5 Å². The van der Waals surface area contributed by atoms with Crippen LogP contribution in [-0.4, -0.2) is 24.4 Å². The maximum absolute atomic E-state index is 5.27. The smallest absolute Gasteiger partial charge is 0.223 e. The molecule has 2 rings (SSSR count). The normalized spacial score (nSPS) is 10.2. The van der Waals surface area contributed by atoms with Gasteiger partial charge in [-0.15, -0.1) is 0 Å². The summed E-state index contributed by atoms with van der Waals surface area (Å²) < 4.78 is 15.3. The SMILES string of the molecule is COc1ccc(NCc2noc(C)n2)c(OC)c1. The van der Waals surface area contributed by atoms with Crippen molar-refractivity contribution in [2.75, 3.05) is 19.5 Å². The van der Waals surface area contributed by atoms with Gasteiger partial charge >= 0.3 is 0 Å². The van der Waals surface area contributed by atoms with Crippen LogP contribution in [0.2, 0.25) is 0 Å². The number of rotatable bonds is 5. The maximum atomic E-state index is 5.27. The highest BCUT2D eigenvalue weighted by Gasteiger charge is 2.06. The van der Waals surface area contributed by atoms with E-state index in [9.17, 15) is 0 Å². The number of methoxy groups -OCH3 is 2. The minimum Gasteiger partial charge on any atom is -0.497 e. The van der Waals surface area contributed by atoms with Crippen LogP contribution in [0, 0.1) is 6.92 Å². The second-order valence-electron chi connectivity index (χ2n) is 3.65. The molecule has 96 valence electrons. The first-order chi connectivity index (χ1) is 8.72. The Morgan fingerprint density at radius 3 is 2.72 bits per heavy atom. The largest absolute Gasteiger partial charge is 0.497 e. The van der Waals surface area contributed by atoms with Crippen molar-refractivity contribution < 1.29 is 14.0 Å². The van der Waals surface area contributed by atoms with Crippen LogP contribution in [0.25, 0.3) is 0 Å². The van der Waals surface area contributed by atoms with Gasteiger partial charge in [0, 0.05) is 13.0 Å². The number of nitrogens with one attached hydrogen (secondary N) is 1. The van der Waals surface area contributed by atoms with Gasteiger partial charge in [-0.1, -0.05) is 5.16 Å². The molecule has 1 N–H and O–H groups in total. The number of hydrogen-bond acceptors (Lipinski definition) is 6. The van der Waals surface area contributed by atoms with Crippen LogP contribution in [0.1, 0.15) is 11.7 Å². The highest BCUT2D eigenvalue weighted by atomic mass is 16.5. The van der Waals surface area contributed by atoms with Crippen molar-refractivity contribution in [1.29, 1.82) is 0 Å². The molecule has 0 bridgehead atoms. The summed E-state index contributed by atoms with van der Waals surface area (Å²) in [5.41, 5.74) is 0.848. The van der Waals surface area contributed by atoms with E-state index in [0.29, 0.717) is 24.0 Å². The highest BCUT2D eigenvalue weighted by molar-refractivity contribution is 5.59. The first kappa shape index (κ1) is 12.2. The maximum Gasteiger partial charge on any atom is 0.223 e. The molecule has 0 spiro atoms. The van der Waals surface area contributed by atoms with E-state index in [2.05, 4.69) is 15.5 Å². The third-order valence-corrected chi connectivity index (χ3v) is 2.42. The fourth-order valence-corrected chi connectivity index (χ4v) is 1.53. The monoisotopic (exact) mass is 249 g/mol. The second kappa shape index (κ2) is 5.39. The molecule has 0 amide bonds. The zero-order chi connectivity index (χ0) is 13.0. The zero-order valence-electron chi connectivity index (χ0n) is 10.6. The molecule has 0 aliphatic carbocycles. The van der Waals surface area contributed by atoms with Gasteiger partial charge in [0.15, 0.2) is 5.82 Å². The summed E-state index contributed by atoms with van der Waals surface area (Å²) in [7, 11) is 3.22. The van der Waals surface area contributed by atoms with Crippen molar-refractivity contribution in [3.8, 4) is 11.5 Å². The van der Waals surface area contributed by atoms with Crippen LogP contribution in [0.4, 0.5) is 5.69 Å². The Bertz CT molecular complexity index is 525. The Kier molecular flexibility index (Phi) is 3.66. The van der Waals surface area contributed by atoms with Crippen molar-refractivity contribution in [2.24, 2.45) is 0 Å². The van der Waals surface area contributed by atoms with E-state index in [1.165, 1.54) is 0 Å². The average Bonchev–Trinajstić information content (AvgIpc) is 2.82. The van der Waals surface area contributed by atoms with E-state index in [1.807, 2.05) is 18.2 Å². The first-order valence-electron chi connectivity index (χ1n) is 5.48. The molecule has 1 aromatic carbocycles. The summed E-state index contributed by atoms with van der Waals surface area (Å²) in [6.07, 6.45) is 0. The molecule has 0 unspecified atom stereocenters. The molecule has 1 heterocycles. The summed E-state index contributed by atoms with van der Waals surface area (Å²) in [6, 6.07) is 5.54. The molecule has 0 aliphatic heterocycles. The molecule has 0 saturated carbocycles. The molecule has 2 aromatic rings. The molecule has 18 heavy (non-hydrogen) atoms. The van der Waals surface area contributed by atoms with Gasteiger partial charge < -0.3 is 19.3 Å². The third-order valence-electron chi connectivity index (χ3n) is 2.42. The van der Waals surface area contributed by atoms with Gasteiger partial charge in [0.25, 0.3) is 0 Å². The molecule has 0 atom stereocenters. The zero-order valence-corrected chi connectivity index (χ0v) is 10.6. The Morgan fingerprint density at radius 2 is 2.11 bits per heavy atom. The van der Waals surface area contributed by atoms with Gasteiger partial charge in [-0.3, -0.25) is 0 Å². The Morgan fingerprint density at radius 1 is 1.28 bits per heavy atom. The van der Waals surface area contributed by atoms with Crippen LogP contribution in [0.5, 0.6) is 11.5 Å². The highest BCUT2D eigenvalue weighted by Crippen LogP contribution is 2.29. The molecule has 0 aliphatic rings. The summed E-state index contributed by atoms with van der Waals surface area (Å²) >= 11 is 0. The molecule has 0 fully saturated rings. The molecule has 1 aromatic heterocycles. The number of nitrogens with zero attached hydrogens (tertiary/aromatic N) is 2. The number of anilines is 1. The Balaban J connectivity index is 2.08. The van der Waals surface area contributed by atoms with E-state index < -0.39 is 0 Å². The molecular weight excluding hydrogens is 234 g/mol.